The number of amides is 1. The summed E-state index contributed by atoms with van der Waals surface area (Å²) in [6.07, 6.45) is 0. The predicted octanol–water partition coefficient (Wildman–Crippen LogP) is 1.93. The van der Waals surface area contributed by atoms with E-state index in [9.17, 15) is 4.79 Å². The van der Waals surface area contributed by atoms with E-state index in [1.54, 1.807) is 13.0 Å². The van der Waals surface area contributed by atoms with Gasteiger partial charge in [-0.25, -0.2) is 0 Å². The molecule has 76 valence electrons. The van der Waals surface area contributed by atoms with Crippen LogP contribution in [-0.4, -0.2) is 11.9 Å². The van der Waals surface area contributed by atoms with Crippen LogP contribution >= 0.6 is 11.6 Å². The molecule has 0 radical (unpaired) electrons. The lowest BCUT2D eigenvalue weighted by molar-refractivity contribution is -0.118. The van der Waals surface area contributed by atoms with Crippen LogP contribution in [0.5, 0.6) is 0 Å². The summed E-state index contributed by atoms with van der Waals surface area (Å²) in [5.74, 6) is -0.399. The summed E-state index contributed by atoms with van der Waals surface area (Å²) in [5.41, 5.74) is 6.90. The Hall–Kier alpha value is -1.22. The van der Waals surface area contributed by atoms with Crippen molar-refractivity contribution in [2.75, 3.05) is 5.32 Å². The molecule has 0 saturated carbocycles. The number of aryl methyl sites for hydroxylation is 1. The zero-order chi connectivity index (χ0) is 10.7. The lowest BCUT2D eigenvalue weighted by atomic mass is 10.2. The first-order valence-electron chi connectivity index (χ1n) is 4.33. The van der Waals surface area contributed by atoms with Crippen LogP contribution in [0.15, 0.2) is 18.2 Å². The van der Waals surface area contributed by atoms with Crippen molar-refractivity contribution in [3.05, 3.63) is 28.8 Å². The number of hydrogen-bond acceptors (Lipinski definition) is 2. The van der Waals surface area contributed by atoms with Gasteiger partial charge in [-0.1, -0.05) is 23.7 Å². The van der Waals surface area contributed by atoms with E-state index in [0.29, 0.717) is 5.02 Å². The number of hydrogen-bond donors (Lipinski definition) is 2. The number of anilines is 1. The molecule has 3 nitrogen and oxygen atoms in total. The van der Waals surface area contributed by atoms with Gasteiger partial charge < -0.3 is 11.1 Å². The van der Waals surface area contributed by atoms with Gasteiger partial charge in [0.15, 0.2) is 0 Å². The van der Waals surface area contributed by atoms with E-state index in [4.69, 9.17) is 17.3 Å². The van der Waals surface area contributed by atoms with Crippen molar-refractivity contribution in [1.29, 1.82) is 0 Å². The molecule has 3 N–H and O–H groups in total. The van der Waals surface area contributed by atoms with E-state index in [1.807, 2.05) is 19.1 Å². The minimum absolute atomic E-state index is 0.399. The molecule has 1 unspecified atom stereocenters. The zero-order valence-electron chi connectivity index (χ0n) is 8.17. The van der Waals surface area contributed by atoms with Gasteiger partial charge in [0.2, 0.25) is 5.91 Å². The first-order chi connectivity index (χ1) is 6.52. The number of nitrogens with one attached hydrogen (secondary N) is 1. The normalized spacial score (nSPS) is 12.2. The number of carbonyl (C=O) groups excluding carboxylic acids is 1. The van der Waals surface area contributed by atoms with Gasteiger partial charge in [-0.3, -0.25) is 4.79 Å². The molecule has 0 bridgehead atoms. The van der Waals surface area contributed by atoms with Gasteiger partial charge in [-0.2, -0.15) is 0 Å². The number of benzene rings is 1. The largest absolute Gasteiger partial charge is 0.372 e. The number of para-hydroxylation sites is 1. The van der Waals surface area contributed by atoms with E-state index in [-0.39, 0.29) is 0 Å². The summed E-state index contributed by atoms with van der Waals surface area (Å²) in [5, 5.41) is 3.57. The second kappa shape index (κ2) is 4.33. The smallest absolute Gasteiger partial charge is 0.239 e. The molecule has 0 aliphatic heterocycles. The van der Waals surface area contributed by atoms with Crippen LogP contribution in [0, 0.1) is 6.92 Å². The summed E-state index contributed by atoms with van der Waals surface area (Å²) in [6, 6.07) is 5.12. The number of nitrogens with two attached hydrogens (primary N) is 1. The van der Waals surface area contributed by atoms with E-state index in [1.165, 1.54) is 0 Å². The number of rotatable bonds is 3. The number of halogens is 1. The van der Waals surface area contributed by atoms with Crippen molar-refractivity contribution in [1.82, 2.24) is 0 Å². The lowest BCUT2D eigenvalue weighted by Crippen LogP contribution is -2.32. The molecule has 0 spiro atoms. The molecular formula is C10H13ClN2O. The maximum atomic E-state index is 10.8. The lowest BCUT2D eigenvalue weighted by Gasteiger charge is -2.15. The van der Waals surface area contributed by atoms with Gasteiger partial charge in [0.1, 0.15) is 6.04 Å². The second-order valence-corrected chi connectivity index (χ2v) is 3.61. The molecule has 0 heterocycles. The van der Waals surface area contributed by atoms with Crippen LogP contribution in [0.2, 0.25) is 5.02 Å². The molecular weight excluding hydrogens is 200 g/mol. The van der Waals surface area contributed by atoms with Crippen LogP contribution in [0.4, 0.5) is 5.69 Å². The summed E-state index contributed by atoms with van der Waals surface area (Å²) in [4.78, 5) is 10.8. The molecule has 1 rings (SSSR count). The Balaban J connectivity index is 2.91. The van der Waals surface area contributed by atoms with E-state index in [0.717, 1.165) is 11.3 Å². The topological polar surface area (TPSA) is 55.1 Å². The van der Waals surface area contributed by atoms with E-state index in [2.05, 4.69) is 5.32 Å². The predicted molar refractivity (Wildman–Crippen MR) is 58.5 cm³/mol. The minimum atomic E-state index is -0.423. The average Bonchev–Trinajstić information content (AvgIpc) is 2.11. The first-order valence-corrected chi connectivity index (χ1v) is 4.71. The maximum absolute atomic E-state index is 10.8. The minimum Gasteiger partial charge on any atom is -0.372 e. The third kappa shape index (κ3) is 2.39. The molecule has 1 aromatic carbocycles. The SMILES string of the molecule is Cc1cccc(Cl)c1NC(C)C(N)=O. The third-order valence-corrected chi connectivity index (χ3v) is 2.32. The van der Waals surface area contributed by atoms with Crippen LogP contribution in [0.25, 0.3) is 0 Å². The standard InChI is InChI=1S/C10H13ClN2O/c1-6-4-3-5-8(11)9(6)13-7(2)10(12)14/h3-5,7,13H,1-2H3,(H2,12,14). The molecule has 1 amide bonds. The second-order valence-electron chi connectivity index (χ2n) is 3.20. The summed E-state index contributed by atoms with van der Waals surface area (Å²) < 4.78 is 0. The van der Waals surface area contributed by atoms with Crippen molar-refractivity contribution in [2.45, 2.75) is 19.9 Å². The van der Waals surface area contributed by atoms with Gasteiger partial charge in [0.25, 0.3) is 0 Å². The highest BCUT2D eigenvalue weighted by Gasteiger charge is 2.11. The van der Waals surface area contributed by atoms with Crippen LogP contribution < -0.4 is 11.1 Å². The fourth-order valence-corrected chi connectivity index (χ4v) is 1.38. The monoisotopic (exact) mass is 212 g/mol. The zero-order valence-corrected chi connectivity index (χ0v) is 8.93. The molecule has 0 aromatic heterocycles. The quantitative estimate of drug-likeness (QED) is 0.805. The molecule has 1 atom stereocenters. The van der Waals surface area contributed by atoms with Crippen LogP contribution in [0.3, 0.4) is 0 Å². The van der Waals surface area contributed by atoms with Gasteiger partial charge in [-0.15, -0.1) is 0 Å². The summed E-state index contributed by atoms with van der Waals surface area (Å²) >= 11 is 5.96. The summed E-state index contributed by atoms with van der Waals surface area (Å²) in [6.45, 7) is 3.62. The van der Waals surface area contributed by atoms with Crippen molar-refractivity contribution >= 4 is 23.2 Å². The fourth-order valence-electron chi connectivity index (χ4n) is 1.10. The molecule has 4 heteroatoms. The Morgan fingerprint density at radius 2 is 2.21 bits per heavy atom. The summed E-state index contributed by atoms with van der Waals surface area (Å²) in [7, 11) is 0. The van der Waals surface area contributed by atoms with Crippen molar-refractivity contribution in [2.24, 2.45) is 5.73 Å². The Bertz CT molecular complexity index is 332. The third-order valence-electron chi connectivity index (χ3n) is 2.01. The Morgan fingerprint density at radius 1 is 1.57 bits per heavy atom. The first kappa shape index (κ1) is 10.9. The van der Waals surface area contributed by atoms with Gasteiger partial charge in [0.05, 0.1) is 10.7 Å². The Kier molecular flexibility index (Phi) is 3.36. The van der Waals surface area contributed by atoms with Crippen molar-refractivity contribution in [3.8, 4) is 0 Å². The highest BCUT2D eigenvalue weighted by Crippen LogP contribution is 2.25. The van der Waals surface area contributed by atoms with Crippen molar-refractivity contribution < 1.29 is 4.79 Å². The van der Waals surface area contributed by atoms with Gasteiger partial charge in [-0.05, 0) is 25.5 Å². The highest BCUT2D eigenvalue weighted by atomic mass is 35.5. The Morgan fingerprint density at radius 3 is 2.71 bits per heavy atom. The van der Waals surface area contributed by atoms with Crippen LogP contribution in [0.1, 0.15) is 12.5 Å². The Labute approximate surface area is 88.2 Å². The molecule has 0 saturated heterocycles. The molecule has 0 fully saturated rings. The van der Waals surface area contributed by atoms with Gasteiger partial charge >= 0.3 is 0 Å². The van der Waals surface area contributed by atoms with Gasteiger partial charge in [0, 0.05) is 0 Å². The van der Waals surface area contributed by atoms with Crippen LogP contribution in [-0.2, 0) is 4.79 Å². The maximum Gasteiger partial charge on any atom is 0.239 e. The highest BCUT2D eigenvalue weighted by molar-refractivity contribution is 6.33. The van der Waals surface area contributed by atoms with E-state index >= 15 is 0 Å². The molecule has 0 aliphatic carbocycles. The molecule has 1 aromatic rings. The van der Waals surface area contributed by atoms with E-state index < -0.39 is 11.9 Å². The number of carbonyl (C=O) groups is 1. The molecule has 0 aliphatic rings. The number of primary amides is 1. The van der Waals surface area contributed by atoms with Crippen molar-refractivity contribution in [3.63, 3.8) is 0 Å². The molecule has 14 heavy (non-hydrogen) atoms. The fraction of sp³-hybridized carbons (Fsp3) is 0.300. The average molecular weight is 213 g/mol.